The zero-order valence-corrected chi connectivity index (χ0v) is 13.3. The Hall–Kier alpha value is -0.770. The van der Waals surface area contributed by atoms with E-state index in [-0.39, 0.29) is 12.4 Å². The van der Waals surface area contributed by atoms with Crippen molar-refractivity contribution in [2.24, 2.45) is 0 Å². The molecule has 0 N–H and O–H groups in total. The maximum atomic E-state index is 11.2. The van der Waals surface area contributed by atoms with Gasteiger partial charge in [0.1, 0.15) is 5.75 Å². The Kier molecular flexibility index (Phi) is 12.7. The average Bonchev–Trinajstić information content (AvgIpc) is 2.41. The molecule has 0 aromatic carbocycles. The molecule has 0 aromatic heterocycles. The minimum absolute atomic E-state index is 0.0907. The van der Waals surface area contributed by atoms with Gasteiger partial charge in [-0.05, 0) is 17.7 Å². The molecule has 0 fully saturated rings. The summed E-state index contributed by atoms with van der Waals surface area (Å²) in [4.78, 5) is 4.37. The normalized spacial score (nSPS) is 10.9. The van der Waals surface area contributed by atoms with Gasteiger partial charge in [-0.25, -0.2) is 0 Å². The van der Waals surface area contributed by atoms with E-state index >= 15 is 0 Å². The second kappa shape index (κ2) is 13.2. The molecule has 0 saturated heterocycles. The fourth-order valence-corrected chi connectivity index (χ4v) is 2.01. The van der Waals surface area contributed by atoms with Crippen molar-refractivity contribution in [3.8, 4) is 12.0 Å². The summed E-state index contributed by atoms with van der Waals surface area (Å²) in [6.45, 7) is 4.53. The summed E-state index contributed by atoms with van der Waals surface area (Å²) in [5.74, 6) is 2.49. The highest BCUT2D eigenvalue weighted by Crippen LogP contribution is 2.06. The zero-order valence-electron chi connectivity index (χ0n) is 12.5. The second-order valence-electron chi connectivity index (χ2n) is 4.41. The smallest absolute Gasteiger partial charge is 0.306 e. The van der Waals surface area contributed by atoms with Crippen LogP contribution < -0.4 is 0 Å². The largest absolute Gasteiger partial charge is 0.381 e. The van der Waals surface area contributed by atoms with Crippen LogP contribution in [0.5, 0.6) is 0 Å². The third-order valence-corrected chi connectivity index (χ3v) is 3.53. The third kappa shape index (κ3) is 13.7. The van der Waals surface area contributed by atoms with Crippen LogP contribution >= 0.6 is 0 Å². The van der Waals surface area contributed by atoms with E-state index in [1.54, 1.807) is 6.92 Å². The van der Waals surface area contributed by atoms with E-state index in [4.69, 9.17) is 4.74 Å². The lowest BCUT2D eigenvalue weighted by Gasteiger charge is -2.01. The summed E-state index contributed by atoms with van der Waals surface area (Å²) < 4.78 is 31.7. The highest BCUT2D eigenvalue weighted by molar-refractivity contribution is 7.86. The van der Waals surface area contributed by atoms with Crippen LogP contribution in [0.4, 0.5) is 0 Å². The molecule has 0 amide bonds. The SMILES string of the molecule is CCCCCCCCC#COOS(=O)(=O)CCOCC. The van der Waals surface area contributed by atoms with E-state index in [9.17, 15) is 8.42 Å². The molecule has 5 nitrogen and oxygen atoms in total. The maximum Gasteiger partial charge on any atom is 0.306 e. The molecule has 0 saturated carbocycles. The first-order valence-corrected chi connectivity index (χ1v) is 8.83. The van der Waals surface area contributed by atoms with Crippen LogP contribution in [-0.4, -0.2) is 27.4 Å². The predicted molar refractivity (Wildman–Crippen MR) is 78.2 cm³/mol. The van der Waals surface area contributed by atoms with E-state index in [1.165, 1.54) is 25.7 Å². The molecular formula is C14H26O5S. The van der Waals surface area contributed by atoms with Gasteiger partial charge in [-0.2, -0.15) is 8.42 Å². The van der Waals surface area contributed by atoms with Crippen molar-refractivity contribution in [1.82, 2.24) is 0 Å². The second-order valence-corrected chi connectivity index (χ2v) is 6.07. The summed E-state index contributed by atoms with van der Waals surface area (Å²) in [6.07, 6.45) is 10.1. The topological polar surface area (TPSA) is 61.8 Å². The summed E-state index contributed by atoms with van der Waals surface area (Å²) >= 11 is 0. The first kappa shape index (κ1) is 19.2. The molecule has 0 unspecified atom stereocenters. The highest BCUT2D eigenvalue weighted by atomic mass is 32.2. The molecular weight excluding hydrogens is 280 g/mol. The molecule has 0 rings (SSSR count). The third-order valence-electron chi connectivity index (χ3n) is 2.59. The molecule has 0 heterocycles. The van der Waals surface area contributed by atoms with E-state index < -0.39 is 10.1 Å². The molecule has 6 heteroatoms. The summed E-state index contributed by atoms with van der Waals surface area (Å²) in [5, 5.41) is 0. The Bertz CT molecular complexity index is 367. The maximum absolute atomic E-state index is 11.2. The van der Waals surface area contributed by atoms with Crippen molar-refractivity contribution in [2.45, 2.75) is 58.8 Å². The van der Waals surface area contributed by atoms with Gasteiger partial charge in [0.25, 0.3) is 0 Å². The van der Waals surface area contributed by atoms with Gasteiger partial charge in [0, 0.05) is 13.0 Å². The number of unbranched alkanes of at least 4 members (excludes halogenated alkanes) is 6. The van der Waals surface area contributed by atoms with Gasteiger partial charge >= 0.3 is 10.1 Å². The van der Waals surface area contributed by atoms with Crippen LogP contribution in [0.3, 0.4) is 0 Å². The Morgan fingerprint density at radius 3 is 2.40 bits per heavy atom. The number of hydrogen-bond acceptors (Lipinski definition) is 5. The molecule has 0 radical (unpaired) electrons. The molecule has 0 aliphatic rings. The molecule has 0 aromatic rings. The number of rotatable bonds is 12. The van der Waals surface area contributed by atoms with Gasteiger partial charge in [0.05, 0.1) is 6.61 Å². The van der Waals surface area contributed by atoms with Crippen LogP contribution in [0.2, 0.25) is 0 Å². The Morgan fingerprint density at radius 1 is 1.00 bits per heavy atom. The lowest BCUT2D eigenvalue weighted by atomic mass is 10.1. The van der Waals surface area contributed by atoms with E-state index in [0.717, 1.165) is 12.8 Å². The van der Waals surface area contributed by atoms with E-state index in [0.29, 0.717) is 13.0 Å². The molecule has 0 spiro atoms. The first-order chi connectivity index (χ1) is 9.62. The Morgan fingerprint density at radius 2 is 1.70 bits per heavy atom. The molecule has 0 bridgehead atoms. The fraction of sp³-hybridized carbons (Fsp3) is 0.857. The quantitative estimate of drug-likeness (QED) is 0.240. The van der Waals surface area contributed by atoms with Gasteiger partial charge in [-0.3, -0.25) is 4.89 Å². The van der Waals surface area contributed by atoms with Crippen molar-refractivity contribution in [1.29, 1.82) is 0 Å². The molecule has 0 aliphatic carbocycles. The molecule has 118 valence electrons. The fourth-order valence-electron chi connectivity index (χ4n) is 1.48. The Labute approximate surface area is 123 Å². The van der Waals surface area contributed by atoms with Crippen LogP contribution in [0, 0.1) is 12.0 Å². The predicted octanol–water partition coefficient (Wildman–Crippen LogP) is 3.01. The van der Waals surface area contributed by atoms with Gasteiger partial charge in [0.15, 0.2) is 6.11 Å². The van der Waals surface area contributed by atoms with Crippen molar-refractivity contribution < 1.29 is 22.4 Å². The van der Waals surface area contributed by atoms with E-state index in [2.05, 4.69) is 28.2 Å². The molecule has 0 aliphatic heterocycles. The Balaban J connectivity index is 3.52. The van der Waals surface area contributed by atoms with Crippen molar-refractivity contribution in [3.63, 3.8) is 0 Å². The molecule has 20 heavy (non-hydrogen) atoms. The monoisotopic (exact) mass is 306 g/mol. The average molecular weight is 306 g/mol. The van der Waals surface area contributed by atoms with Crippen LogP contribution in [0.1, 0.15) is 58.8 Å². The van der Waals surface area contributed by atoms with Gasteiger partial charge in [-0.1, -0.05) is 44.9 Å². The number of hydrogen-bond donors (Lipinski definition) is 0. The van der Waals surface area contributed by atoms with Crippen LogP contribution in [-0.2, 0) is 24.1 Å². The number of ether oxygens (including phenoxy) is 1. The van der Waals surface area contributed by atoms with Crippen molar-refractivity contribution >= 4 is 10.1 Å². The van der Waals surface area contributed by atoms with Gasteiger partial charge < -0.3 is 4.74 Å². The minimum Gasteiger partial charge on any atom is -0.381 e. The van der Waals surface area contributed by atoms with Crippen molar-refractivity contribution in [2.75, 3.05) is 19.0 Å². The lowest BCUT2D eigenvalue weighted by molar-refractivity contribution is -0.127. The summed E-state index contributed by atoms with van der Waals surface area (Å²) in [6, 6.07) is 0. The van der Waals surface area contributed by atoms with Crippen LogP contribution in [0.15, 0.2) is 0 Å². The van der Waals surface area contributed by atoms with Gasteiger partial charge in [0.2, 0.25) is 0 Å². The van der Waals surface area contributed by atoms with Crippen LogP contribution in [0.25, 0.3) is 0 Å². The van der Waals surface area contributed by atoms with Gasteiger partial charge in [-0.15, -0.1) is 0 Å². The summed E-state index contributed by atoms with van der Waals surface area (Å²) in [5.41, 5.74) is 0. The first-order valence-electron chi connectivity index (χ1n) is 7.25. The standard InChI is InChI=1S/C14H26O5S/c1-3-5-6-7-8-9-10-11-12-18-19-20(15,16)14-13-17-4-2/h3-10,13-14H2,1-2H3. The zero-order chi connectivity index (χ0) is 15.1. The lowest BCUT2D eigenvalue weighted by Crippen LogP contribution is -2.14. The summed E-state index contributed by atoms with van der Waals surface area (Å²) in [7, 11) is -3.71. The molecule has 0 atom stereocenters. The minimum atomic E-state index is -3.71. The van der Waals surface area contributed by atoms with E-state index in [1.807, 2.05) is 0 Å². The van der Waals surface area contributed by atoms with Crippen molar-refractivity contribution in [3.05, 3.63) is 0 Å². The highest BCUT2D eigenvalue weighted by Gasteiger charge is 2.11.